The Labute approximate surface area is 69.4 Å². The van der Waals surface area contributed by atoms with Crippen molar-refractivity contribution in [1.29, 1.82) is 0 Å². The molecule has 0 amide bonds. The lowest BCUT2D eigenvalue weighted by Gasteiger charge is -2.00. The lowest BCUT2D eigenvalue weighted by molar-refractivity contribution is 0.155. The number of rotatable bonds is 2. The van der Waals surface area contributed by atoms with Crippen LogP contribution in [-0.2, 0) is 5.60 Å². The summed E-state index contributed by atoms with van der Waals surface area (Å²) in [4.78, 5) is 1.04. The molecule has 0 saturated heterocycles. The number of ether oxygens (including phenoxy) is 1. The van der Waals surface area contributed by atoms with Gasteiger partial charge in [-0.2, -0.15) is 0 Å². The second-order valence-electron chi connectivity index (χ2n) is 2.88. The quantitative estimate of drug-likeness (QED) is 0.732. The molecule has 3 heteroatoms. The van der Waals surface area contributed by atoms with Crippen LogP contribution in [0.2, 0.25) is 0 Å². The normalized spacial score (nSPS) is 19.8. The molecule has 1 heterocycles. The van der Waals surface area contributed by atoms with Gasteiger partial charge in [0.05, 0.1) is 12.7 Å². The van der Waals surface area contributed by atoms with E-state index in [0.717, 1.165) is 23.5 Å². The first-order valence-corrected chi connectivity index (χ1v) is 4.48. The van der Waals surface area contributed by atoms with Gasteiger partial charge in [0, 0.05) is 10.3 Å². The Balaban J connectivity index is 2.25. The van der Waals surface area contributed by atoms with E-state index in [1.807, 2.05) is 11.4 Å². The van der Waals surface area contributed by atoms with Crippen LogP contribution >= 0.6 is 11.3 Å². The first kappa shape index (κ1) is 7.13. The summed E-state index contributed by atoms with van der Waals surface area (Å²) in [6.07, 6.45) is 1.80. The fraction of sp³-hybridized carbons (Fsp3) is 0.500. The highest BCUT2D eigenvalue weighted by Crippen LogP contribution is 2.48. The van der Waals surface area contributed by atoms with E-state index in [2.05, 4.69) is 0 Å². The van der Waals surface area contributed by atoms with Crippen LogP contribution in [0, 0.1) is 0 Å². The molecule has 0 aliphatic heterocycles. The predicted molar refractivity (Wildman–Crippen MR) is 44.0 cm³/mol. The zero-order valence-corrected chi connectivity index (χ0v) is 7.15. The minimum absolute atomic E-state index is 0.499. The summed E-state index contributed by atoms with van der Waals surface area (Å²) < 4.78 is 5.02. The monoisotopic (exact) mass is 170 g/mol. The Bertz CT molecular complexity index is 263. The van der Waals surface area contributed by atoms with Crippen molar-refractivity contribution in [2.24, 2.45) is 0 Å². The van der Waals surface area contributed by atoms with Crippen molar-refractivity contribution < 1.29 is 9.84 Å². The van der Waals surface area contributed by atoms with Crippen molar-refractivity contribution >= 4 is 11.3 Å². The van der Waals surface area contributed by atoms with Crippen molar-refractivity contribution in [1.82, 2.24) is 0 Å². The molecule has 1 fully saturated rings. The van der Waals surface area contributed by atoms with Gasteiger partial charge in [-0.05, 0) is 18.9 Å². The summed E-state index contributed by atoms with van der Waals surface area (Å²) >= 11 is 1.57. The van der Waals surface area contributed by atoms with Gasteiger partial charge >= 0.3 is 0 Å². The van der Waals surface area contributed by atoms with Crippen LogP contribution in [0.4, 0.5) is 0 Å². The zero-order valence-electron chi connectivity index (χ0n) is 6.33. The zero-order chi connectivity index (χ0) is 7.90. The molecule has 1 aromatic heterocycles. The van der Waals surface area contributed by atoms with E-state index in [1.54, 1.807) is 18.4 Å². The van der Waals surface area contributed by atoms with Gasteiger partial charge in [0.15, 0.2) is 0 Å². The number of hydrogen-bond acceptors (Lipinski definition) is 3. The summed E-state index contributed by atoms with van der Waals surface area (Å²) in [5.74, 6) is 0.852. The smallest absolute Gasteiger partial charge is 0.129 e. The summed E-state index contributed by atoms with van der Waals surface area (Å²) in [5.41, 5.74) is -0.499. The molecule has 0 aromatic carbocycles. The first-order chi connectivity index (χ1) is 5.24. The van der Waals surface area contributed by atoms with E-state index >= 15 is 0 Å². The topological polar surface area (TPSA) is 29.5 Å². The van der Waals surface area contributed by atoms with E-state index in [9.17, 15) is 5.11 Å². The summed E-state index contributed by atoms with van der Waals surface area (Å²) in [6.45, 7) is 0. The van der Waals surface area contributed by atoms with Crippen molar-refractivity contribution in [2.75, 3.05) is 7.11 Å². The molecule has 1 aliphatic carbocycles. The lowest BCUT2D eigenvalue weighted by atomic mass is 10.3. The Kier molecular flexibility index (Phi) is 1.44. The predicted octanol–water partition coefficient (Wildman–Crippen LogP) is 1.74. The molecule has 1 aliphatic rings. The molecule has 0 unspecified atom stereocenters. The number of methoxy groups -OCH3 is 1. The highest BCUT2D eigenvalue weighted by atomic mass is 32.1. The van der Waals surface area contributed by atoms with Gasteiger partial charge in [-0.1, -0.05) is 0 Å². The van der Waals surface area contributed by atoms with Gasteiger partial charge in [-0.15, -0.1) is 11.3 Å². The van der Waals surface area contributed by atoms with Gasteiger partial charge in [-0.3, -0.25) is 0 Å². The second kappa shape index (κ2) is 2.22. The molecule has 0 spiro atoms. The largest absolute Gasteiger partial charge is 0.496 e. The Hall–Kier alpha value is -0.540. The molecule has 0 atom stereocenters. The molecule has 2 rings (SSSR count). The van der Waals surface area contributed by atoms with Crippen LogP contribution in [0.5, 0.6) is 5.75 Å². The minimum atomic E-state index is -0.499. The van der Waals surface area contributed by atoms with Crippen LogP contribution in [-0.4, -0.2) is 12.2 Å². The van der Waals surface area contributed by atoms with Crippen LogP contribution in [0.1, 0.15) is 17.7 Å². The van der Waals surface area contributed by atoms with Crippen molar-refractivity contribution in [3.8, 4) is 5.75 Å². The van der Waals surface area contributed by atoms with Crippen molar-refractivity contribution in [2.45, 2.75) is 18.4 Å². The second-order valence-corrected chi connectivity index (χ2v) is 3.79. The molecular weight excluding hydrogens is 160 g/mol. The van der Waals surface area contributed by atoms with Crippen molar-refractivity contribution in [3.05, 3.63) is 16.3 Å². The Morgan fingerprint density at radius 3 is 2.82 bits per heavy atom. The molecular formula is C8H10O2S. The van der Waals surface area contributed by atoms with Gasteiger partial charge in [0.25, 0.3) is 0 Å². The fourth-order valence-corrected chi connectivity index (χ4v) is 2.05. The van der Waals surface area contributed by atoms with Crippen LogP contribution < -0.4 is 4.74 Å². The van der Waals surface area contributed by atoms with E-state index < -0.39 is 5.60 Å². The average Bonchev–Trinajstić information content (AvgIpc) is 2.61. The molecule has 11 heavy (non-hydrogen) atoms. The first-order valence-electron chi connectivity index (χ1n) is 3.60. The van der Waals surface area contributed by atoms with Crippen LogP contribution in [0.25, 0.3) is 0 Å². The fourth-order valence-electron chi connectivity index (χ4n) is 1.03. The SMILES string of the molecule is COc1csc(C2(O)CC2)c1. The molecule has 0 bridgehead atoms. The van der Waals surface area contributed by atoms with Gasteiger partial charge in [-0.25, -0.2) is 0 Å². The third-order valence-electron chi connectivity index (χ3n) is 1.99. The van der Waals surface area contributed by atoms with Crippen LogP contribution in [0.3, 0.4) is 0 Å². The Morgan fingerprint density at radius 1 is 1.64 bits per heavy atom. The molecule has 2 nitrogen and oxygen atoms in total. The molecule has 0 radical (unpaired) electrons. The van der Waals surface area contributed by atoms with E-state index in [0.29, 0.717) is 0 Å². The minimum Gasteiger partial charge on any atom is -0.496 e. The standard InChI is InChI=1S/C8H10O2S/c1-10-6-4-7(11-5-6)8(9)2-3-8/h4-5,9H,2-3H2,1H3. The lowest BCUT2D eigenvalue weighted by Crippen LogP contribution is -1.99. The maximum absolute atomic E-state index is 9.66. The Morgan fingerprint density at radius 2 is 2.36 bits per heavy atom. The summed E-state index contributed by atoms with van der Waals surface area (Å²) in [5, 5.41) is 11.6. The third kappa shape index (κ3) is 1.14. The number of thiophene rings is 1. The third-order valence-corrected chi connectivity index (χ3v) is 3.10. The molecule has 1 N–H and O–H groups in total. The highest BCUT2D eigenvalue weighted by molar-refractivity contribution is 7.10. The summed E-state index contributed by atoms with van der Waals surface area (Å²) in [7, 11) is 1.64. The molecule has 60 valence electrons. The van der Waals surface area contributed by atoms with E-state index in [1.165, 1.54) is 0 Å². The number of hydrogen-bond donors (Lipinski definition) is 1. The highest BCUT2D eigenvalue weighted by Gasteiger charge is 2.43. The number of aliphatic hydroxyl groups is 1. The van der Waals surface area contributed by atoms with Gasteiger partial charge in [0.1, 0.15) is 5.75 Å². The average molecular weight is 170 g/mol. The van der Waals surface area contributed by atoms with E-state index in [-0.39, 0.29) is 0 Å². The summed E-state index contributed by atoms with van der Waals surface area (Å²) in [6, 6.07) is 1.91. The molecule has 1 aromatic rings. The van der Waals surface area contributed by atoms with Gasteiger partial charge < -0.3 is 9.84 Å². The van der Waals surface area contributed by atoms with Gasteiger partial charge in [0.2, 0.25) is 0 Å². The van der Waals surface area contributed by atoms with Crippen LogP contribution in [0.15, 0.2) is 11.4 Å². The van der Waals surface area contributed by atoms with Crippen molar-refractivity contribution in [3.63, 3.8) is 0 Å². The molecule has 1 saturated carbocycles. The maximum Gasteiger partial charge on any atom is 0.129 e. The maximum atomic E-state index is 9.66. The van der Waals surface area contributed by atoms with E-state index in [4.69, 9.17) is 4.74 Å².